The zero-order valence-corrected chi connectivity index (χ0v) is 9.98. The third-order valence-corrected chi connectivity index (χ3v) is 3.05. The van der Waals surface area contributed by atoms with E-state index in [1.54, 1.807) is 12.4 Å². The molecule has 1 aliphatic carbocycles. The van der Waals surface area contributed by atoms with E-state index in [0.29, 0.717) is 11.7 Å². The molecule has 0 saturated heterocycles. The van der Waals surface area contributed by atoms with Crippen LogP contribution in [0.2, 0.25) is 0 Å². The number of carbonyl (C=O) groups is 1. The third kappa shape index (κ3) is 3.15. The second-order valence-corrected chi connectivity index (χ2v) is 4.28. The number of hydrogen-bond acceptors (Lipinski definition) is 4. The minimum absolute atomic E-state index is 0.0819. The van der Waals surface area contributed by atoms with E-state index in [0.717, 1.165) is 25.7 Å². The van der Waals surface area contributed by atoms with Gasteiger partial charge in [0.25, 0.3) is 0 Å². The molecule has 5 heteroatoms. The predicted molar refractivity (Wildman–Crippen MR) is 63.8 cm³/mol. The van der Waals surface area contributed by atoms with E-state index < -0.39 is 0 Å². The van der Waals surface area contributed by atoms with Crippen LogP contribution in [-0.4, -0.2) is 23.0 Å². The summed E-state index contributed by atoms with van der Waals surface area (Å²) in [6, 6.07) is 0.306. The fraction of sp³-hybridized carbons (Fsp3) is 0.583. The Kier molecular flexibility index (Phi) is 3.90. The van der Waals surface area contributed by atoms with Crippen molar-refractivity contribution in [3.8, 4) is 6.01 Å². The Balaban J connectivity index is 1.92. The number of aromatic nitrogens is 2. The lowest BCUT2D eigenvalue weighted by molar-refractivity contribution is -0.120. The average Bonchev–Trinajstić information content (AvgIpc) is 2.40. The molecule has 1 aliphatic rings. The normalized spacial score (nSPS) is 16.5. The monoisotopic (exact) mass is 235 g/mol. The third-order valence-electron chi connectivity index (χ3n) is 3.05. The van der Waals surface area contributed by atoms with Crippen molar-refractivity contribution in [2.24, 2.45) is 5.92 Å². The smallest absolute Gasteiger partial charge is 0.316 e. The van der Waals surface area contributed by atoms with Crippen LogP contribution in [0.25, 0.3) is 0 Å². The van der Waals surface area contributed by atoms with Crippen LogP contribution in [0.4, 0.5) is 5.69 Å². The van der Waals surface area contributed by atoms with Crippen molar-refractivity contribution < 1.29 is 9.53 Å². The Morgan fingerprint density at radius 1 is 1.29 bits per heavy atom. The van der Waals surface area contributed by atoms with Gasteiger partial charge in [-0.25, -0.2) is 9.97 Å². The Labute approximate surface area is 101 Å². The quantitative estimate of drug-likeness (QED) is 0.870. The highest BCUT2D eigenvalue weighted by molar-refractivity contribution is 5.92. The topological polar surface area (TPSA) is 64.1 Å². The molecular formula is C12H17N3O2. The minimum Gasteiger partial charge on any atom is -0.467 e. The molecule has 2 rings (SSSR count). The number of nitrogens with one attached hydrogen (secondary N) is 1. The van der Waals surface area contributed by atoms with Gasteiger partial charge in [0.2, 0.25) is 5.91 Å². The Bertz CT molecular complexity index is 372. The van der Waals surface area contributed by atoms with Crippen molar-refractivity contribution >= 4 is 11.6 Å². The van der Waals surface area contributed by atoms with Crippen LogP contribution in [-0.2, 0) is 4.79 Å². The van der Waals surface area contributed by atoms with E-state index in [9.17, 15) is 4.79 Å². The second kappa shape index (κ2) is 5.61. The summed E-state index contributed by atoms with van der Waals surface area (Å²) < 4.78 is 4.86. The number of amides is 1. The lowest BCUT2D eigenvalue weighted by Crippen LogP contribution is -2.24. The summed E-state index contributed by atoms with van der Waals surface area (Å²) in [5, 5.41) is 2.84. The van der Waals surface area contributed by atoms with E-state index in [1.807, 2.05) is 0 Å². The molecule has 1 fully saturated rings. The summed E-state index contributed by atoms with van der Waals surface area (Å²) in [6.45, 7) is 0. The molecule has 5 nitrogen and oxygen atoms in total. The molecule has 1 saturated carbocycles. The molecule has 1 amide bonds. The van der Waals surface area contributed by atoms with Crippen molar-refractivity contribution in [2.45, 2.75) is 32.1 Å². The lowest BCUT2D eigenvalue weighted by Gasteiger charge is -2.20. The Morgan fingerprint density at radius 3 is 2.53 bits per heavy atom. The van der Waals surface area contributed by atoms with Gasteiger partial charge < -0.3 is 10.1 Å². The summed E-state index contributed by atoms with van der Waals surface area (Å²) >= 11 is 0. The molecule has 0 atom stereocenters. The van der Waals surface area contributed by atoms with Gasteiger partial charge in [-0.3, -0.25) is 4.79 Å². The summed E-state index contributed by atoms with van der Waals surface area (Å²) in [6.07, 6.45) is 8.65. The van der Waals surface area contributed by atoms with Crippen LogP contribution in [0, 0.1) is 5.92 Å². The van der Waals surface area contributed by atoms with Gasteiger partial charge >= 0.3 is 6.01 Å². The molecule has 0 spiro atoms. The van der Waals surface area contributed by atoms with Crippen LogP contribution < -0.4 is 10.1 Å². The first-order chi connectivity index (χ1) is 8.29. The van der Waals surface area contributed by atoms with Gasteiger partial charge in [-0.1, -0.05) is 19.3 Å². The Hall–Kier alpha value is -1.65. The van der Waals surface area contributed by atoms with E-state index >= 15 is 0 Å². The maximum Gasteiger partial charge on any atom is 0.316 e. The van der Waals surface area contributed by atoms with Gasteiger partial charge in [0.05, 0.1) is 25.2 Å². The minimum atomic E-state index is 0.0819. The van der Waals surface area contributed by atoms with Gasteiger partial charge in [-0.15, -0.1) is 0 Å². The van der Waals surface area contributed by atoms with E-state index in [1.165, 1.54) is 13.5 Å². The van der Waals surface area contributed by atoms with Crippen molar-refractivity contribution in [3.05, 3.63) is 12.4 Å². The van der Waals surface area contributed by atoms with Crippen LogP contribution in [0.5, 0.6) is 6.01 Å². The van der Waals surface area contributed by atoms with Crippen LogP contribution in [0.1, 0.15) is 32.1 Å². The van der Waals surface area contributed by atoms with Gasteiger partial charge in [-0.05, 0) is 12.8 Å². The molecule has 0 aliphatic heterocycles. The van der Waals surface area contributed by atoms with E-state index in [4.69, 9.17) is 4.74 Å². The van der Waals surface area contributed by atoms with E-state index in [2.05, 4.69) is 15.3 Å². The average molecular weight is 235 g/mol. The highest BCUT2D eigenvalue weighted by atomic mass is 16.5. The Morgan fingerprint density at radius 2 is 1.94 bits per heavy atom. The van der Waals surface area contributed by atoms with Gasteiger partial charge in [-0.2, -0.15) is 0 Å². The number of carbonyl (C=O) groups excluding carboxylic acids is 1. The summed E-state index contributed by atoms with van der Waals surface area (Å²) in [5.41, 5.74) is 0.626. The summed E-state index contributed by atoms with van der Waals surface area (Å²) in [5.74, 6) is 0.226. The fourth-order valence-corrected chi connectivity index (χ4v) is 2.10. The largest absolute Gasteiger partial charge is 0.467 e. The van der Waals surface area contributed by atoms with Gasteiger partial charge in [0.1, 0.15) is 0 Å². The first-order valence-electron chi connectivity index (χ1n) is 5.96. The molecule has 0 aromatic carbocycles. The highest BCUT2D eigenvalue weighted by Gasteiger charge is 2.21. The van der Waals surface area contributed by atoms with Crippen molar-refractivity contribution in [1.29, 1.82) is 0 Å². The zero-order valence-electron chi connectivity index (χ0n) is 9.98. The number of ether oxygens (including phenoxy) is 1. The molecule has 1 N–H and O–H groups in total. The SMILES string of the molecule is COc1ncc(NC(=O)C2CCCCC2)cn1. The number of anilines is 1. The number of hydrogen-bond donors (Lipinski definition) is 1. The maximum atomic E-state index is 11.9. The predicted octanol–water partition coefficient (Wildman–Crippen LogP) is 2.00. The van der Waals surface area contributed by atoms with Crippen LogP contribution in [0.15, 0.2) is 12.4 Å². The van der Waals surface area contributed by atoms with Crippen molar-refractivity contribution in [1.82, 2.24) is 9.97 Å². The van der Waals surface area contributed by atoms with E-state index in [-0.39, 0.29) is 11.8 Å². The number of rotatable bonds is 3. The summed E-state index contributed by atoms with van der Waals surface area (Å²) in [4.78, 5) is 19.8. The lowest BCUT2D eigenvalue weighted by atomic mass is 9.89. The zero-order chi connectivity index (χ0) is 12.1. The number of nitrogens with zero attached hydrogens (tertiary/aromatic N) is 2. The molecule has 92 valence electrons. The fourth-order valence-electron chi connectivity index (χ4n) is 2.10. The van der Waals surface area contributed by atoms with Crippen LogP contribution in [0.3, 0.4) is 0 Å². The molecule has 1 aromatic rings. The molecule has 1 aromatic heterocycles. The second-order valence-electron chi connectivity index (χ2n) is 4.28. The maximum absolute atomic E-state index is 11.9. The molecule has 17 heavy (non-hydrogen) atoms. The molecular weight excluding hydrogens is 218 g/mol. The first kappa shape index (κ1) is 11.8. The standard InChI is InChI=1S/C12H17N3O2/c1-17-12-13-7-10(8-14-12)15-11(16)9-5-3-2-4-6-9/h7-9H,2-6H2,1H3,(H,15,16). The summed E-state index contributed by atoms with van der Waals surface area (Å²) in [7, 11) is 1.51. The van der Waals surface area contributed by atoms with Crippen molar-refractivity contribution in [2.75, 3.05) is 12.4 Å². The first-order valence-corrected chi connectivity index (χ1v) is 5.96. The molecule has 1 heterocycles. The van der Waals surface area contributed by atoms with Gasteiger partial charge in [0.15, 0.2) is 0 Å². The molecule has 0 radical (unpaired) electrons. The van der Waals surface area contributed by atoms with Crippen molar-refractivity contribution in [3.63, 3.8) is 0 Å². The highest BCUT2D eigenvalue weighted by Crippen LogP contribution is 2.24. The van der Waals surface area contributed by atoms with Crippen LogP contribution >= 0.6 is 0 Å². The molecule has 0 unspecified atom stereocenters. The van der Waals surface area contributed by atoms with Gasteiger partial charge in [0, 0.05) is 5.92 Å². The number of methoxy groups -OCH3 is 1. The molecule has 0 bridgehead atoms.